The summed E-state index contributed by atoms with van der Waals surface area (Å²) >= 11 is 0. The zero-order valence-electron chi connectivity index (χ0n) is 11.4. The van der Waals surface area contributed by atoms with Crippen LogP contribution in [0, 0.1) is 11.3 Å². The Bertz CT molecular complexity index is 215. The van der Waals surface area contributed by atoms with E-state index in [9.17, 15) is 0 Å². The van der Waals surface area contributed by atoms with Gasteiger partial charge in [0.1, 0.15) is 0 Å². The summed E-state index contributed by atoms with van der Waals surface area (Å²) in [6, 6.07) is 1.50. The third-order valence-electron chi connectivity index (χ3n) is 5.08. The van der Waals surface area contributed by atoms with Gasteiger partial charge in [-0.2, -0.15) is 0 Å². The molecule has 94 valence electrons. The molecule has 0 heterocycles. The molecule has 2 fully saturated rings. The molecule has 0 aliphatic heterocycles. The summed E-state index contributed by atoms with van der Waals surface area (Å²) in [4.78, 5) is 0. The van der Waals surface area contributed by atoms with Crippen molar-refractivity contribution in [1.82, 2.24) is 5.32 Å². The fraction of sp³-hybridized carbons (Fsp3) is 1.00. The van der Waals surface area contributed by atoms with E-state index < -0.39 is 0 Å². The lowest BCUT2D eigenvalue weighted by atomic mass is 9.73. The van der Waals surface area contributed by atoms with Crippen molar-refractivity contribution >= 4 is 0 Å². The van der Waals surface area contributed by atoms with Crippen molar-refractivity contribution < 1.29 is 0 Å². The second-order valence-corrected chi connectivity index (χ2v) is 6.79. The second-order valence-electron chi connectivity index (χ2n) is 6.79. The summed E-state index contributed by atoms with van der Waals surface area (Å²) in [6.07, 6.45) is 11.5. The molecule has 2 aliphatic carbocycles. The molecule has 2 rings (SSSR count). The zero-order valence-corrected chi connectivity index (χ0v) is 11.4. The summed E-state index contributed by atoms with van der Waals surface area (Å²) in [6.45, 7) is 7.32. The minimum atomic E-state index is 0.519. The molecule has 2 unspecified atom stereocenters. The van der Waals surface area contributed by atoms with Crippen LogP contribution >= 0.6 is 0 Å². The van der Waals surface area contributed by atoms with E-state index in [-0.39, 0.29) is 0 Å². The minimum absolute atomic E-state index is 0.519. The first kappa shape index (κ1) is 12.4. The van der Waals surface area contributed by atoms with Gasteiger partial charge >= 0.3 is 0 Å². The summed E-state index contributed by atoms with van der Waals surface area (Å²) in [5.74, 6) is 0.956. The standard InChI is InChI=1S/C15H29N/c1-12(13-8-4-5-9-13)16-14-10-6-7-11-15(14,2)3/h12-14,16H,4-11H2,1-3H3. The van der Waals surface area contributed by atoms with Gasteiger partial charge in [-0.1, -0.05) is 39.5 Å². The smallest absolute Gasteiger partial charge is 0.0121 e. The van der Waals surface area contributed by atoms with Gasteiger partial charge in [0.2, 0.25) is 0 Å². The second kappa shape index (κ2) is 5.08. The molecule has 0 saturated heterocycles. The largest absolute Gasteiger partial charge is 0.311 e. The van der Waals surface area contributed by atoms with Crippen molar-refractivity contribution in [3.63, 3.8) is 0 Å². The molecule has 0 amide bonds. The maximum absolute atomic E-state index is 3.95. The molecule has 1 heteroatoms. The third kappa shape index (κ3) is 2.80. The predicted molar refractivity (Wildman–Crippen MR) is 70.6 cm³/mol. The summed E-state index contributed by atoms with van der Waals surface area (Å²) in [5.41, 5.74) is 0.519. The van der Waals surface area contributed by atoms with Crippen molar-refractivity contribution in [2.24, 2.45) is 11.3 Å². The monoisotopic (exact) mass is 223 g/mol. The van der Waals surface area contributed by atoms with E-state index in [2.05, 4.69) is 26.1 Å². The van der Waals surface area contributed by atoms with Gasteiger partial charge in [0.25, 0.3) is 0 Å². The highest BCUT2D eigenvalue weighted by molar-refractivity contribution is 4.91. The number of rotatable bonds is 3. The normalized spacial score (nSPS) is 32.8. The lowest BCUT2D eigenvalue weighted by Crippen LogP contribution is -2.49. The zero-order chi connectivity index (χ0) is 11.6. The van der Waals surface area contributed by atoms with E-state index >= 15 is 0 Å². The molecule has 0 bridgehead atoms. The number of nitrogens with one attached hydrogen (secondary N) is 1. The Labute approximate surface area is 101 Å². The lowest BCUT2D eigenvalue weighted by Gasteiger charge is -2.41. The topological polar surface area (TPSA) is 12.0 Å². The van der Waals surface area contributed by atoms with Crippen LogP contribution in [0.15, 0.2) is 0 Å². The van der Waals surface area contributed by atoms with Crippen LogP contribution in [0.3, 0.4) is 0 Å². The van der Waals surface area contributed by atoms with E-state index in [4.69, 9.17) is 0 Å². The van der Waals surface area contributed by atoms with Crippen LogP contribution in [-0.2, 0) is 0 Å². The van der Waals surface area contributed by atoms with Crippen LogP contribution in [0.2, 0.25) is 0 Å². The molecule has 1 N–H and O–H groups in total. The molecular formula is C15H29N. The first-order valence-corrected chi connectivity index (χ1v) is 7.36. The van der Waals surface area contributed by atoms with Crippen LogP contribution in [0.25, 0.3) is 0 Å². The Hall–Kier alpha value is -0.0400. The van der Waals surface area contributed by atoms with Crippen molar-refractivity contribution in [3.8, 4) is 0 Å². The van der Waals surface area contributed by atoms with Gasteiger partial charge in [-0.25, -0.2) is 0 Å². The molecule has 2 saturated carbocycles. The van der Waals surface area contributed by atoms with E-state index in [1.54, 1.807) is 0 Å². The van der Waals surface area contributed by atoms with Crippen LogP contribution in [0.5, 0.6) is 0 Å². The average Bonchev–Trinajstić information content (AvgIpc) is 2.74. The first-order valence-electron chi connectivity index (χ1n) is 7.36. The quantitative estimate of drug-likeness (QED) is 0.759. The van der Waals surface area contributed by atoms with Gasteiger partial charge < -0.3 is 5.32 Å². The highest BCUT2D eigenvalue weighted by Crippen LogP contribution is 2.37. The van der Waals surface area contributed by atoms with Crippen LogP contribution in [0.4, 0.5) is 0 Å². The molecule has 16 heavy (non-hydrogen) atoms. The van der Waals surface area contributed by atoms with Crippen LogP contribution < -0.4 is 5.32 Å². The van der Waals surface area contributed by atoms with Gasteiger partial charge in [0, 0.05) is 12.1 Å². The van der Waals surface area contributed by atoms with Crippen molar-refractivity contribution in [3.05, 3.63) is 0 Å². The molecule has 0 aromatic rings. The molecule has 0 aromatic carbocycles. The molecular weight excluding hydrogens is 194 g/mol. The molecule has 0 radical (unpaired) electrons. The van der Waals surface area contributed by atoms with E-state index in [1.165, 1.54) is 51.4 Å². The van der Waals surface area contributed by atoms with Gasteiger partial charge in [-0.15, -0.1) is 0 Å². The maximum Gasteiger partial charge on any atom is 0.0121 e. The van der Waals surface area contributed by atoms with Crippen molar-refractivity contribution in [2.45, 2.75) is 84.2 Å². The van der Waals surface area contributed by atoms with E-state index in [0.717, 1.165) is 18.0 Å². The van der Waals surface area contributed by atoms with Gasteiger partial charge in [-0.05, 0) is 43.9 Å². The van der Waals surface area contributed by atoms with Crippen LogP contribution in [0.1, 0.15) is 72.1 Å². The molecule has 2 aliphatic rings. The van der Waals surface area contributed by atoms with E-state index in [1.807, 2.05) is 0 Å². The fourth-order valence-electron chi connectivity index (χ4n) is 3.71. The Balaban J connectivity index is 1.87. The maximum atomic E-state index is 3.95. The Morgan fingerprint density at radius 3 is 2.25 bits per heavy atom. The lowest BCUT2D eigenvalue weighted by molar-refractivity contribution is 0.146. The Kier molecular flexibility index (Phi) is 3.94. The first-order chi connectivity index (χ1) is 7.59. The van der Waals surface area contributed by atoms with Gasteiger partial charge in [-0.3, -0.25) is 0 Å². The SMILES string of the molecule is CC(NC1CCCCC1(C)C)C1CCCC1. The highest BCUT2D eigenvalue weighted by atomic mass is 15.0. The summed E-state index contributed by atoms with van der Waals surface area (Å²) < 4.78 is 0. The minimum Gasteiger partial charge on any atom is -0.311 e. The third-order valence-corrected chi connectivity index (χ3v) is 5.08. The Morgan fingerprint density at radius 1 is 1.00 bits per heavy atom. The Morgan fingerprint density at radius 2 is 1.62 bits per heavy atom. The van der Waals surface area contributed by atoms with Crippen molar-refractivity contribution in [1.29, 1.82) is 0 Å². The molecule has 0 aromatic heterocycles. The van der Waals surface area contributed by atoms with Gasteiger partial charge in [0.15, 0.2) is 0 Å². The fourth-order valence-corrected chi connectivity index (χ4v) is 3.71. The van der Waals surface area contributed by atoms with Gasteiger partial charge in [0.05, 0.1) is 0 Å². The summed E-state index contributed by atoms with van der Waals surface area (Å²) in [5, 5.41) is 3.95. The number of hydrogen-bond acceptors (Lipinski definition) is 1. The molecule has 1 nitrogen and oxygen atoms in total. The highest BCUT2D eigenvalue weighted by Gasteiger charge is 2.34. The molecule has 2 atom stereocenters. The number of hydrogen-bond donors (Lipinski definition) is 1. The summed E-state index contributed by atoms with van der Waals surface area (Å²) in [7, 11) is 0. The van der Waals surface area contributed by atoms with Crippen molar-refractivity contribution in [2.75, 3.05) is 0 Å². The average molecular weight is 223 g/mol. The van der Waals surface area contributed by atoms with E-state index in [0.29, 0.717) is 5.41 Å². The van der Waals surface area contributed by atoms with Crippen LogP contribution in [-0.4, -0.2) is 12.1 Å². The molecule has 0 spiro atoms. The predicted octanol–water partition coefficient (Wildman–Crippen LogP) is 4.12.